The van der Waals surface area contributed by atoms with Gasteiger partial charge < -0.3 is 5.32 Å². The Hall–Kier alpha value is -2.14. The molecular weight excluding hydrogens is 354 g/mol. The van der Waals surface area contributed by atoms with Gasteiger partial charge in [-0.2, -0.15) is 0 Å². The van der Waals surface area contributed by atoms with E-state index in [2.05, 4.69) is 50.4 Å². The average molecular weight is 382 g/mol. The van der Waals surface area contributed by atoms with Gasteiger partial charge in [-0.25, -0.2) is 4.98 Å². The molecule has 0 unspecified atom stereocenters. The lowest BCUT2D eigenvalue weighted by molar-refractivity contribution is 0.655. The highest BCUT2D eigenvalue weighted by Gasteiger charge is 2.22. The molecule has 5 heteroatoms. The molecule has 0 radical (unpaired) electrons. The Bertz CT molecular complexity index is 1010. The van der Waals surface area contributed by atoms with Gasteiger partial charge in [0.25, 0.3) is 5.56 Å². The monoisotopic (exact) mass is 381 g/mol. The van der Waals surface area contributed by atoms with Gasteiger partial charge in [0.2, 0.25) is 5.95 Å². The Kier molecular flexibility index (Phi) is 5.04. The minimum absolute atomic E-state index is 0.113. The lowest BCUT2D eigenvalue weighted by Gasteiger charge is -2.15. The number of nitrogens with one attached hydrogen (secondary N) is 1. The minimum Gasteiger partial charge on any atom is -0.325 e. The van der Waals surface area contributed by atoms with Crippen molar-refractivity contribution in [3.63, 3.8) is 0 Å². The van der Waals surface area contributed by atoms with Crippen molar-refractivity contribution in [3.8, 4) is 0 Å². The zero-order valence-corrected chi connectivity index (χ0v) is 17.2. The van der Waals surface area contributed by atoms with Crippen LogP contribution in [-0.4, -0.2) is 9.55 Å². The van der Waals surface area contributed by atoms with E-state index in [0.29, 0.717) is 18.4 Å². The van der Waals surface area contributed by atoms with Crippen molar-refractivity contribution in [2.75, 3.05) is 5.32 Å². The Labute approximate surface area is 164 Å². The summed E-state index contributed by atoms with van der Waals surface area (Å²) >= 11 is 1.71. The average Bonchev–Trinajstić information content (AvgIpc) is 3.03. The van der Waals surface area contributed by atoms with E-state index in [-0.39, 0.29) is 5.56 Å². The minimum atomic E-state index is 0.113. The first kappa shape index (κ1) is 18.2. The zero-order chi connectivity index (χ0) is 19.0. The van der Waals surface area contributed by atoms with Gasteiger partial charge in [-0.1, -0.05) is 32.9 Å². The zero-order valence-electron chi connectivity index (χ0n) is 16.3. The second-order valence-electron chi connectivity index (χ2n) is 7.68. The summed E-state index contributed by atoms with van der Waals surface area (Å²) in [4.78, 5) is 20.4. The van der Waals surface area contributed by atoms with E-state index in [1.54, 1.807) is 11.3 Å². The van der Waals surface area contributed by atoms with E-state index in [1.807, 2.05) is 4.57 Å². The number of hydrogen-bond acceptors (Lipinski definition) is 4. The first-order chi connectivity index (χ1) is 13.1. The fourth-order valence-corrected chi connectivity index (χ4v) is 5.10. The molecule has 27 heavy (non-hydrogen) atoms. The molecule has 4 rings (SSSR count). The second kappa shape index (κ2) is 7.47. The molecule has 0 fully saturated rings. The van der Waals surface area contributed by atoms with Crippen molar-refractivity contribution in [1.29, 1.82) is 0 Å². The lowest BCUT2D eigenvalue weighted by Crippen LogP contribution is -2.24. The molecule has 4 nitrogen and oxygen atoms in total. The van der Waals surface area contributed by atoms with Crippen LogP contribution < -0.4 is 10.9 Å². The molecule has 0 saturated heterocycles. The predicted molar refractivity (Wildman–Crippen MR) is 115 cm³/mol. The molecular formula is C22H27N3OS. The quantitative estimate of drug-likeness (QED) is 0.624. The molecule has 1 N–H and O–H groups in total. The van der Waals surface area contributed by atoms with Crippen molar-refractivity contribution in [1.82, 2.24) is 9.55 Å². The lowest BCUT2D eigenvalue weighted by atomic mass is 9.97. The summed E-state index contributed by atoms with van der Waals surface area (Å²) in [5, 5.41) is 4.26. The van der Waals surface area contributed by atoms with Crippen LogP contribution in [0.4, 0.5) is 11.6 Å². The van der Waals surface area contributed by atoms with E-state index in [4.69, 9.17) is 4.98 Å². The molecule has 2 aromatic heterocycles. The van der Waals surface area contributed by atoms with Crippen molar-refractivity contribution in [2.24, 2.45) is 0 Å². The fraction of sp³-hybridized carbons (Fsp3) is 0.455. The van der Waals surface area contributed by atoms with Gasteiger partial charge in [0.15, 0.2) is 0 Å². The number of benzene rings is 1. The summed E-state index contributed by atoms with van der Waals surface area (Å²) in [5.74, 6) is 1.16. The summed E-state index contributed by atoms with van der Waals surface area (Å²) < 4.78 is 1.82. The van der Waals surface area contributed by atoms with Crippen LogP contribution in [0.1, 0.15) is 62.0 Å². The van der Waals surface area contributed by atoms with Crippen molar-refractivity contribution < 1.29 is 0 Å². The normalized spacial score (nSPS) is 13.9. The molecule has 1 aliphatic carbocycles. The molecule has 0 amide bonds. The van der Waals surface area contributed by atoms with Crippen LogP contribution in [0.5, 0.6) is 0 Å². The molecule has 2 heterocycles. The van der Waals surface area contributed by atoms with Gasteiger partial charge in [0.05, 0.1) is 5.39 Å². The first-order valence-corrected chi connectivity index (χ1v) is 10.8. The standard InChI is InChI=1S/C22H27N3OS/c1-4-13-25-21(26)19-17-7-5-6-8-18(17)27-20(19)24-22(25)23-16-11-9-15(10-12-16)14(2)3/h9-12,14H,4-8,13H2,1-3H3,(H,23,24). The molecule has 142 valence electrons. The number of aromatic nitrogens is 2. The maximum atomic E-state index is 13.3. The molecule has 0 bridgehead atoms. The summed E-state index contributed by atoms with van der Waals surface area (Å²) in [6.07, 6.45) is 5.40. The number of hydrogen-bond donors (Lipinski definition) is 1. The summed E-state index contributed by atoms with van der Waals surface area (Å²) in [6, 6.07) is 8.41. The van der Waals surface area contributed by atoms with E-state index in [0.717, 1.165) is 35.2 Å². The van der Waals surface area contributed by atoms with Crippen LogP contribution in [0.15, 0.2) is 29.1 Å². The number of nitrogens with zero attached hydrogens (tertiary/aromatic N) is 2. The van der Waals surface area contributed by atoms with Crippen LogP contribution in [0.2, 0.25) is 0 Å². The smallest absolute Gasteiger partial charge is 0.263 e. The van der Waals surface area contributed by atoms with Gasteiger partial charge >= 0.3 is 0 Å². The largest absolute Gasteiger partial charge is 0.325 e. The highest BCUT2D eigenvalue weighted by Crippen LogP contribution is 2.34. The van der Waals surface area contributed by atoms with Crippen LogP contribution in [0, 0.1) is 0 Å². The topological polar surface area (TPSA) is 46.9 Å². The van der Waals surface area contributed by atoms with Gasteiger partial charge in [0, 0.05) is 17.1 Å². The van der Waals surface area contributed by atoms with Crippen molar-refractivity contribution in [2.45, 2.75) is 65.3 Å². The third kappa shape index (κ3) is 3.41. The highest BCUT2D eigenvalue weighted by molar-refractivity contribution is 7.18. The van der Waals surface area contributed by atoms with Crippen molar-refractivity contribution >= 4 is 33.2 Å². The van der Waals surface area contributed by atoms with Crippen LogP contribution >= 0.6 is 11.3 Å². The van der Waals surface area contributed by atoms with E-state index < -0.39 is 0 Å². The fourth-order valence-electron chi connectivity index (χ4n) is 3.85. The molecule has 0 saturated carbocycles. The van der Waals surface area contributed by atoms with Crippen LogP contribution in [-0.2, 0) is 19.4 Å². The Morgan fingerprint density at radius 2 is 1.93 bits per heavy atom. The second-order valence-corrected chi connectivity index (χ2v) is 8.77. The molecule has 1 aromatic carbocycles. The highest BCUT2D eigenvalue weighted by atomic mass is 32.1. The first-order valence-electron chi connectivity index (χ1n) is 10.0. The number of anilines is 2. The molecule has 0 atom stereocenters. The van der Waals surface area contributed by atoms with E-state index in [9.17, 15) is 4.79 Å². The summed E-state index contributed by atoms with van der Waals surface area (Å²) in [6.45, 7) is 7.16. The van der Waals surface area contributed by atoms with Gasteiger partial charge in [-0.15, -0.1) is 11.3 Å². The third-order valence-corrected chi connectivity index (χ3v) is 6.54. The Balaban J connectivity index is 1.79. The Morgan fingerprint density at radius 3 is 2.63 bits per heavy atom. The SMILES string of the molecule is CCCn1c(Nc2ccc(C(C)C)cc2)nc2sc3c(c2c1=O)CCCC3. The van der Waals surface area contributed by atoms with Crippen LogP contribution in [0.3, 0.4) is 0 Å². The molecule has 3 aromatic rings. The number of thiophene rings is 1. The molecule has 1 aliphatic rings. The van der Waals surface area contributed by atoms with Gasteiger partial charge in [-0.3, -0.25) is 9.36 Å². The van der Waals surface area contributed by atoms with Gasteiger partial charge in [-0.05, 0) is 61.3 Å². The predicted octanol–water partition coefficient (Wildman–Crippen LogP) is 5.61. The summed E-state index contributed by atoms with van der Waals surface area (Å²) in [5.41, 5.74) is 3.65. The number of aryl methyl sites for hydroxylation is 2. The molecule has 0 spiro atoms. The van der Waals surface area contributed by atoms with Crippen molar-refractivity contribution in [3.05, 3.63) is 50.6 Å². The van der Waals surface area contributed by atoms with E-state index in [1.165, 1.54) is 28.8 Å². The molecule has 0 aliphatic heterocycles. The number of fused-ring (bicyclic) bond motifs is 3. The maximum absolute atomic E-state index is 13.3. The Morgan fingerprint density at radius 1 is 1.19 bits per heavy atom. The summed E-state index contributed by atoms with van der Waals surface area (Å²) in [7, 11) is 0. The maximum Gasteiger partial charge on any atom is 0.263 e. The number of rotatable bonds is 5. The third-order valence-electron chi connectivity index (χ3n) is 5.36. The van der Waals surface area contributed by atoms with Crippen LogP contribution in [0.25, 0.3) is 10.2 Å². The van der Waals surface area contributed by atoms with Gasteiger partial charge in [0.1, 0.15) is 4.83 Å². The van der Waals surface area contributed by atoms with E-state index >= 15 is 0 Å².